The lowest BCUT2D eigenvalue weighted by Crippen LogP contribution is -2.38. The lowest BCUT2D eigenvalue weighted by Gasteiger charge is -2.46. The summed E-state index contributed by atoms with van der Waals surface area (Å²) >= 11 is 0. The number of hydrogen-bond acceptors (Lipinski definition) is 0. The molecule has 0 amide bonds. The van der Waals surface area contributed by atoms with Gasteiger partial charge in [0.25, 0.3) is 0 Å². The van der Waals surface area contributed by atoms with Crippen molar-refractivity contribution < 1.29 is 0 Å². The summed E-state index contributed by atoms with van der Waals surface area (Å²) in [5, 5.41) is 0. The zero-order chi connectivity index (χ0) is 11.2. The topological polar surface area (TPSA) is 0 Å². The molecule has 0 aromatic heterocycles. The van der Waals surface area contributed by atoms with Crippen LogP contribution in [0.25, 0.3) is 0 Å². The van der Waals surface area contributed by atoms with E-state index >= 15 is 0 Å². The molecule has 3 fully saturated rings. The van der Waals surface area contributed by atoms with Gasteiger partial charge in [-0.25, -0.2) is 0 Å². The van der Waals surface area contributed by atoms with E-state index in [1.807, 2.05) is 0 Å². The smallest absolute Gasteiger partial charge is 0.0266 e. The van der Waals surface area contributed by atoms with Crippen LogP contribution in [-0.4, -0.2) is 0 Å². The van der Waals surface area contributed by atoms with Crippen LogP contribution in [0, 0.1) is 29.1 Å². The third kappa shape index (κ3) is 1.73. The summed E-state index contributed by atoms with van der Waals surface area (Å²) in [6, 6.07) is 0. The van der Waals surface area contributed by atoms with E-state index < -0.39 is 0 Å². The van der Waals surface area contributed by atoms with Gasteiger partial charge in [0.2, 0.25) is 0 Å². The Morgan fingerprint density at radius 3 is 2.00 bits per heavy atom. The zero-order valence-electron chi connectivity index (χ0n) is 11.2. The van der Waals surface area contributed by atoms with E-state index in [-0.39, 0.29) is 0 Å². The van der Waals surface area contributed by atoms with Gasteiger partial charge in [-0.3, -0.25) is 0 Å². The van der Waals surface area contributed by atoms with Gasteiger partial charge >= 0.3 is 0 Å². The van der Waals surface area contributed by atoms with E-state index in [9.17, 15) is 0 Å². The summed E-state index contributed by atoms with van der Waals surface area (Å²) in [7, 11) is 0. The fourth-order valence-electron chi connectivity index (χ4n) is 4.78. The molecule has 0 heterocycles. The second kappa shape index (κ2) is 4.03. The minimum atomic E-state index is 0.891. The molecule has 3 aliphatic carbocycles. The molecule has 0 saturated heterocycles. The zero-order valence-corrected chi connectivity index (χ0v) is 11.2. The van der Waals surface area contributed by atoms with Gasteiger partial charge in [0, 0.05) is 0 Å². The average molecular weight is 220 g/mol. The molecule has 0 bridgehead atoms. The lowest BCUT2D eigenvalue weighted by atomic mass is 9.59. The molecule has 3 aliphatic rings. The summed E-state index contributed by atoms with van der Waals surface area (Å²) in [5.74, 6) is 4.20. The van der Waals surface area contributed by atoms with Crippen LogP contribution in [0.5, 0.6) is 0 Å². The van der Waals surface area contributed by atoms with E-state index in [2.05, 4.69) is 13.8 Å². The van der Waals surface area contributed by atoms with Crippen LogP contribution < -0.4 is 0 Å². The normalized spacial score (nSPS) is 36.8. The van der Waals surface area contributed by atoms with Crippen LogP contribution in [0.4, 0.5) is 0 Å². The molecule has 92 valence electrons. The third-order valence-corrected chi connectivity index (χ3v) is 6.49. The second-order valence-corrected chi connectivity index (χ2v) is 7.12. The Labute approximate surface area is 101 Å². The Morgan fingerprint density at radius 2 is 1.50 bits per heavy atom. The monoisotopic (exact) mass is 220 g/mol. The van der Waals surface area contributed by atoms with E-state index in [4.69, 9.17) is 0 Å². The Bertz CT molecular complexity index is 245. The Kier molecular flexibility index (Phi) is 2.80. The van der Waals surface area contributed by atoms with Crippen LogP contribution >= 0.6 is 0 Å². The van der Waals surface area contributed by atoms with Crippen molar-refractivity contribution in [2.24, 2.45) is 29.1 Å². The highest BCUT2D eigenvalue weighted by molar-refractivity contribution is 5.07. The first-order valence-electron chi connectivity index (χ1n) is 7.73. The van der Waals surface area contributed by atoms with Crippen LogP contribution in [0.15, 0.2) is 0 Å². The second-order valence-electron chi connectivity index (χ2n) is 7.12. The van der Waals surface area contributed by atoms with Crippen molar-refractivity contribution in [3.05, 3.63) is 0 Å². The molecule has 0 nitrogen and oxygen atoms in total. The van der Waals surface area contributed by atoms with Gasteiger partial charge in [-0.1, -0.05) is 46.0 Å². The van der Waals surface area contributed by atoms with E-state index in [1.54, 1.807) is 25.7 Å². The fourth-order valence-corrected chi connectivity index (χ4v) is 4.78. The largest absolute Gasteiger partial charge is 0.0620 e. The maximum atomic E-state index is 2.57. The van der Waals surface area contributed by atoms with Gasteiger partial charge in [-0.05, 0) is 54.8 Å². The number of rotatable bonds is 3. The molecule has 3 rings (SSSR count). The molecule has 0 aliphatic heterocycles. The van der Waals surface area contributed by atoms with Crippen LogP contribution in [0.2, 0.25) is 0 Å². The van der Waals surface area contributed by atoms with E-state index in [0.29, 0.717) is 0 Å². The molecule has 0 radical (unpaired) electrons. The molecular weight excluding hydrogens is 192 g/mol. The first-order valence-corrected chi connectivity index (χ1v) is 7.73. The van der Waals surface area contributed by atoms with Gasteiger partial charge in [0.1, 0.15) is 0 Å². The predicted octanol–water partition coefficient (Wildman–Crippen LogP) is 5.03. The summed E-state index contributed by atoms with van der Waals surface area (Å²) in [4.78, 5) is 0. The quantitative estimate of drug-likeness (QED) is 0.626. The van der Waals surface area contributed by atoms with Gasteiger partial charge in [0.15, 0.2) is 0 Å². The molecule has 0 N–H and O–H groups in total. The molecule has 16 heavy (non-hydrogen) atoms. The fraction of sp³-hybridized carbons (Fsp3) is 1.00. The van der Waals surface area contributed by atoms with Crippen molar-refractivity contribution in [3.63, 3.8) is 0 Å². The number of hydrogen-bond donors (Lipinski definition) is 0. The molecule has 2 unspecified atom stereocenters. The first kappa shape index (κ1) is 11.1. The standard InChI is InChI=1S/C16H28/c1-12(14-6-4-3-5-7-14)13(2)15-8-9-16(15)10-11-16/h12-15H,3-11H2,1-2H3/t12-,13?,15?/m1/s1. The highest BCUT2D eigenvalue weighted by Gasteiger charge is 2.57. The molecule has 1 spiro atoms. The van der Waals surface area contributed by atoms with Crippen LogP contribution in [0.3, 0.4) is 0 Å². The predicted molar refractivity (Wildman–Crippen MR) is 69.3 cm³/mol. The van der Waals surface area contributed by atoms with Crippen LogP contribution in [-0.2, 0) is 0 Å². The van der Waals surface area contributed by atoms with Crippen molar-refractivity contribution in [2.75, 3.05) is 0 Å². The summed E-state index contributed by atoms with van der Waals surface area (Å²) in [6.07, 6.45) is 13.9. The summed E-state index contributed by atoms with van der Waals surface area (Å²) in [6.45, 7) is 5.14. The highest BCUT2D eigenvalue weighted by Crippen LogP contribution is 2.67. The first-order chi connectivity index (χ1) is 7.73. The SMILES string of the molecule is CC(C1CCC12CC2)[C@@H](C)C1CCCCC1. The van der Waals surface area contributed by atoms with Gasteiger partial charge in [-0.2, -0.15) is 0 Å². The molecule has 0 aromatic carbocycles. The van der Waals surface area contributed by atoms with E-state index in [0.717, 1.165) is 29.1 Å². The van der Waals surface area contributed by atoms with Crippen molar-refractivity contribution in [1.82, 2.24) is 0 Å². The van der Waals surface area contributed by atoms with Crippen molar-refractivity contribution in [3.8, 4) is 0 Å². The maximum absolute atomic E-state index is 2.57. The lowest BCUT2D eigenvalue weighted by molar-refractivity contribution is 0.0361. The van der Waals surface area contributed by atoms with E-state index in [1.165, 1.54) is 32.1 Å². The molecule has 0 heteroatoms. The Balaban J connectivity index is 1.58. The van der Waals surface area contributed by atoms with Crippen molar-refractivity contribution >= 4 is 0 Å². The molecule has 3 saturated carbocycles. The summed E-state index contributed by atoms with van der Waals surface area (Å²) in [5.41, 5.74) is 0.891. The average Bonchev–Trinajstić information content (AvgIpc) is 3.10. The molecular formula is C16H28. The highest BCUT2D eigenvalue weighted by atomic mass is 14.6. The summed E-state index contributed by atoms with van der Waals surface area (Å²) < 4.78 is 0. The van der Waals surface area contributed by atoms with Gasteiger partial charge in [-0.15, -0.1) is 0 Å². The maximum Gasteiger partial charge on any atom is -0.0266 e. The van der Waals surface area contributed by atoms with Gasteiger partial charge < -0.3 is 0 Å². The third-order valence-electron chi connectivity index (χ3n) is 6.49. The van der Waals surface area contributed by atoms with Crippen LogP contribution in [0.1, 0.15) is 71.6 Å². The minimum absolute atomic E-state index is 0.891. The molecule has 3 atom stereocenters. The Morgan fingerprint density at radius 1 is 0.812 bits per heavy atom. The van der Waals surface area contributed by atoms with Crippen molar-refractivity contribution in [2.45, 2.75) is 71.6 Å². The molecule has 0 aromatic rings. The Hall–Kier alpha value is 0. The van der Waals surface area contributed by atoms with Crippen molar-refractivity contribution in [1.29, 1.82) is 0 Å². The van der Waals surface area contributed by atoms with Gasteiger partial charge in [0.05, 0.1) is 0 Å². The minimum Gasteiger partial charge on any atom is -0.0620 e.